The van der Waals surface area contributed by atoms with Gasteiger partial charge in [0, 0.05) is 24.6 Å². The predicted molar refractivity (Wildman–Crippen MR) is 166 cm³/mol. The van der Waals surface area contributed by atoms with Gasteiger partial charge in [0.05, 0.1) is 17.5 Å². The van der Waals surface area contributed by atoms with Crippen LogP contribution in [0.3, 0.4) is 0 Å². The van der Waals surface area contributed by atoms with Gasteiger partial charge in [-0.3, -0.25) is 19.1 Å². The lowest BCUT2D eigenvalue weighted by molar-refractivity contribution is -0.132. The lowest BCUT2D eigenvalue weighted by Gasteiger charge is -2.17. The van der Waals surface area contributed by atoms with Crippen LogP contribution < -0.4 is 15.8 Å². The molecule has 1 aromatic heterocycles. The van der Waals surface area contributed by atoms with Gasteiger partial charge in [0.15, 0.2) is 5.84 Å². The number of aryl methyl sites for hydroxylation is 2. The Morgan fingerprint density at radius 3 is 2.40 bits per heavy atom. The van der Waals surface area contributed by atoms with Crippen LogP contribution in [0.25, 0.3) is 16.8 Å². The molecular weight excluding hydrogens is 528 g/mol. The van der Waals surface area contributed by atoms with Crippen LogP contribution in [-0.4, -0.2) is 35.0 Å². The molecule has 42 heavy (non-hydrogen) atoms. The molecule has 0 saturated heterocycles. The summed E-state index contributed by atoms with van der Waals surface area (Å²) in [5.74, 6) is 1.88. The Morgan fingerprint density at radius 1 is 1.05 bits per heavy atom. The van der Waals surface area contributed by atoms with E-state index >= 15 is 0 Å². The highest BCUT2D eigenvalue weighted by Crippen LogP contribution is 2.26. The number of aliphatic imine (C=N–C) groups is 1. The van der Waals surface area contributed by atoms with Gasteiger partial charge in [-0.2, -0.15) is 0 Å². The Bertz CT molecular complexity index is 1590. The van der Waals surface area contributed by atoms with E-state index < -0.39 is 0 Å². The highest BCUT2D eigenvalue weighted by atomic mass is 16.7. The average Bonchev–Trinajstić information content (AvgIpc) is 3.01. The van der Waals surface area contributed by atoms with Gasteiger partial charge >= 0.3 is 6.47 Å². The maximum atomic E-state index is 14.0. The zero-order valence-corrected chi connectivity index (χ0v) is 24.9. The number of carbonyl (C=O) groups is 1. The molecule has 0 saturated carbocycles. The zero-order chi connectivity index (χ0) is 30.1. The van der Waals surface area contributed by atoms with Crippen molar-refractivity contribution < 1.29 is 14.4 Å². The van der Waals surface area contributed by atoms with E-state index in [1.54, 1.807) is 11.6 Å². The van der Waals surface area contributed by atoms with E-state index in [0.29, 0.717) is 30.1 Å². The second kappa shape index (κ2) is 14.3. The van der Waals surface area contributed by atoms with Crippen LogP contribution in [-0.2, 0) is 22.5 Å². The summed E-state index contributed by atoms with van der Waals surface area (Å²) < 4.78 is 7.61. The van der Waals surface area contributed by atoms with Gasteiger partial charge in [-0.05, 0) is 67.6 Å². The number of carbonyl (C=O) groups excluding carboxylic acids is 1. The van der Waals surface area contributed by atoms with Crippen LogP contribution in [0.5, 0.6) is 5.75 Å². The van der Waals surface area contributed by atoms with Gasteiger partial charge in [0.2, 0.25) is 0 Å². The molecule has 0 bridgehead atoms. The van der Waals surface area contributed by atoms with Gasteiger partial charge in [-0.15, -0.1) is 0 Å². The SMILES string of the molecule is CCCc1nc(C)n(-c2ccc(OC(C)CC)cc2)c(=O)c1Cc1ccc(-c2ccccc2C(=NC)NOC=O)cc1. The monoisotopic (exact) mass is 566 g/mol. The van der Waals surface area contributed by atoms with Gasteiger partial charge in [-0.25, -0.2) is 10.5 Å². The van der Waals surface area contributed by atoms with Crippen molar-refractivity contribution in [3.05, 3.63) is 111 Å². The van der Waals surface area contributed by atoms with E-state index in [2.05, 4.69) is 24.3 Å². The Kier molecular flexibility index (Phi) is 10.3. The first-order valence-corrected chi connectivity index (χ1v) is 14.3. The van der Waals surface area contributed by atoms with Crippen LogP contribution >= 0.6 is 0 Å². The molecule has 1 atom stereocenters. The Labute approximate surface area is 247 Å². The second-order valence-electron chi connectivity index (χ2n) is 10.1. The van der Waals surface area contributed by atoms with Crippen molar-refractivity contribution in [1.29, 1.82) is 0 Å². The molecule has 1 N–H and O–H groups in total. The fourth-order valence-corrected chi connectivity index (χ4v) is 4.88. The Balaban J connectivity index is 1.67. The van der Waals surface area contributed by atoms with Crippen LogP contribution in [0.1, 0.15) is 61.8 Å². The molecule has 0 amide bonds. The minimum Gasteiger partial charge on any atom is -0.491 e. The van der Waals surface area contributed by atoms with E-state index in [1.807, 2.05) is 86.6 Å². The average molecular weight is 567 g/mol. The van der Waals surface area contributed by atoms with Crippen LogP contribution in [0, 0.1) is 6.92 Å². The number of rotatable bonds is 12. The van der Waals surface area contributed by atoms with Crippen molar-refractivity contribution in [3.63, 3.8) is 0 Å². The normalized spacial score (nSPS) is 12.1. The maximum Gasteiger partial charge on any atom is 0.320 e. The van der Waals surface area contributed by atoms with E-state index in [0.717, 1.165) is 58.6 Å². The molecular formula is C34H38N4O4. The molecule has 8 heteroatoms. The number of hydroxylamine groups is 1. The molecule has 4 aromatic rings. The lowest BCUT2D eigenvalue weighted by atomic mass is 9.96. The topological polar surface area (TPSA) is 94.8 Å². The quantitative estimate of drug-likeness (QED) is 0.0981. The number of amidine groups is 1. The number of hydrogen-bond acceptors (Lipinski definition) is 6. The Morgan fingerprint density at radius 2 is 1.76 bits per heavy atom. The summed E-state index contributed by atoms with van der Waals surface area (Å²) in [6, 6.07) is 23.5. The van der Waals surface area contributed by atoms with Gasteiger partial charge in [-0.1, -0.05) is 68.8 Å². The Hall–Kier alpha value is -4.72. The summed E-state index contributed by atoms with van der Waals surface area (Å²) in [6.45, 7) is 8.41. The summed E-state index contributed by atoms with van der Waals surface area (Å²) in [5, 5.41) is 0. The molecule has 0 radical (unpaired) electrons. The first-order valence-electron chi connectivity index (χ1n) is 14.3. The summed E-state index contributed by atoms with van der Waals surface area (Å²) in [5.41, 5.74) is 8.53. The number of nitrogens with zero attached hydrogens (tertiary/aromatic N) is 3. The number of aromatic nitrogens is 2. The summed E-state index contributed by atoms with van der Waals surface area (Å²) in [4.78, 5) is 38.5. The van der Waals surface area contributed by atoms with Crippen molar-refractivity contribution in [2.75, 3.05) is 7.05 Å². The largest absolute Gasteiger partial charge is 0.491 e. The number of hydrogen-bond donors (Lipinski definition) is 1. The maximum absolute atomic E-state index is 14.0. The van der Waals surface area contributed by atoms with Gasteiger partial charge < -0.3 is 9.57 Å². The minimum atomic E-state index is -0.0546. The standard InChI is InChI=1S/C34H38N4O4/c1-6-10-32-31(34(40)38(24(4)36-32)27-17-19-28(20-18-27)42-23(3)7-2)21-25-13-15-26(16-14-25)29-11-8-9-12-30(29)33(35-5)37-41-22-39/h8-9,11-20,22-23H,6-7,10,21H2,1-5H3,(H,35,37). The summed E-state index contributed by atoms with van der Waals surface area (Å²) >= 11 is 0. The van der Waals surface area contributed by atoms with Gasteiger partial charge in [0.1, 0.15) is 11.6 Å². The second-order valence-corrected chi connectivity index (χ2v) is 10.1. The molecule has 8 nitrogen and oxygen atoms in total. The van der Waals surface area contributed by atoms with Crippen molar-refractivity contribution in [3.8, 4) is 22.6 Å². The molecule has 0 aliphatic carbocycles. The van der Waals surface area contributed by atoms with E-state index in [9.17, 15) is 9.59 Å². The summed E-state index contributed by atoms with van der Waals surface area (Å²) in [7, 11) is 1.63. The molecule has 0 fully saturated rings. The van der Waals surface area contributed by atoms with Crippen molar-refractivity contribution in [1.82, 2.24) is 15.0 Å². The third-order valence-electron chi connectivity index (χ3n) is 7.18. The van der Waals surface area contributed by atoms with Crippen LogP contribution in [0.15, 0.2) is 82.6 Å². The van der Waals surface area contributed by atoms with Crippen molar-refractivity contribution in [2.45, 2.75) is 59.5 Å². The molecule has 4 rings (SSSR count). The minimum absolute atomic E-state index is 0.0546. The van der Waals surface area contributed by atoms with E-state index in [-0.39, 0.29) is 11.7 Å². The highest BCUT2D eigenvalue weighted by Gasteiger charge is 2.17. The molecule has 0 aliphatic rings. The number of benzene rings is 3. The molecule has 1 heterocycles. The van der Waals surface area contributed by atoms with Crippen molar-refractivity contribution in [2.24, 2.45) is 4.99 Å². The van der Waals surface area contributed by atoms with Gasteiger partial charge in [0.25, 0.3) is 5.56 Å². The predicted octanol–water partition coefficient (Wildman–Crippen LogP) is 5.98. The fourth-order valence-electron chi connectivity index (χ4n) is 4.88. The van der Waals surface area contributed by atoms with E-state index in [4.69, 9.17) is 14.6 Å². The lowest BCUT2D eigenvalue weighted by Crippen LogP contribution is -2.28. The molecule has 3 aromatic carbocycles. The molecule has 0 aliphatic heterocycles. The molecule has 218 valence electrons. The van der Waals surface area contributed by atoms with E-state index in [1.165, 1.54) is 0 Å². The fraction of sp³-hybridized carbons (Fsp3) is 0.294. The summed E-state index contributed by atoms with van der Waals surface area (Å²) in [6.07, 6.45) is 3.13. The highest BCUT2D eigenvalue weighted by molar-refractivity contribution is 6.04. The van der Waals surface area contributed by atoms with Crippen LogP contribution in [0.4, 0.5) is 0 Å². The third-order valence-corrected chi connectivity index (χ3v) is 7.18. The number of ether oxygens (including phenoxy) is 1. The number of nitrogens with one attached hydrogen (secondary N) is 1. The first kappa shape index (κ1) is 30.2. The van der Waals surface area contributed by atoms with Crippen LogP contribution in [0.2, 0.25) is 0 Å². The zero-order valence-electron chi connectivity index (χ0n) is 24.9. The smallest absolute Gasteiger partial charge is 0.320 e. The molecule has 0 spiro atoms. The third kappa shape index (κ3) is 6.94. The molecule has 1 unspecified atom stereocenters. The first-order chi connectivity index (χ1) is 20.4. The van der Waals surface area contributed by atoms with Crippen molar-refractivity contribution >= 4 is 12.3 Å².